The van der Waals surface area contributed by atoms with Crippen LogP contribution in [0.2, 0.25) is 0 Å². The van der Waals surface area contributed by atoms with Crippen LogP contribution in [0.25, 0.3) is 11.0 Å². The van der Waals surface area contributed by atoms with Crippen LogP contribution in [0.3, 0.4) is 0 Å². The maximum Gasteiger partial charge on any atom is 0.321 e. The number of fused-ring (bicyclic) bond motifs is 1. The van der Waals surface area contributed by atoms with Crippen molar-refractivity contribution in [1.82, 2.24) is 20.2 Å². The monoisotopic (exact) mass is 360 g/mol. The van der Waals surface area contributed by atoms with E-state index in [1.165, 1.54) is 18.2 Å². The summed E-state index contributed by atoms with van der Waals surface area (Å²) in [6, 6.07) is 7.72. The van der Waals surface area contributed by atoms with E-state index in [9.17, 15) is 9.59 Å². The van der Waals surface area contributed by atoms with Crippen molar-refractivity contribution in [3.8, 4) is 0 Å². The van der Waals surface area contributed by atoms with Gasteiger partial charge in [0.15, 0.2) is 5.16 Å². The predicted octanol–water partition coefficient (Wildman–Crippen LogP) is 3.31. The van der Waals surface area contributed by atoms with Crippen LogP contribution in [0.5, 0.6) is 0 Å². The fourth-order valence-electron chi connectivity index (χ4n) is 3.23. The van der Waals surface area contributed by atoms with Crippen molar-refractivity contribution < 1.29 is 9.59 Å². The molecule has 0 spiro atoms. The summed E-state index contributed by atoms with van der Waals surface area (Å²) in [6.45, 7) is 2.84. The molecule has 2 aromatic rings. The van der Waals surface area contributed by atoms with Gasteiger partial charge in [-0.15, -0.1) is 0 Å². The molecule has 1 aliphatic rings. The van der Waals surface area contributed by atoms with E-state index in [-0.39, 0.29) is 23.7 Å². The summed E-state index contributed by atoms with van der Waals surface area (Å²) in [7, 11) is 0. The lowest BCUT2D eigenvalue weighted by Crippen LogP contribution is -2.45. The average Bonchev–Trinajstić information content (AvgIpc) is 2.98. The molecule has 1 saturated carbocycles. The molecule has 2 N–H and O–H groups in total. The van der Waals surface area contributed by atoms with Gasteiger partial charge in [0.25, 0.3) is 0 Å². The lowest BCUT2D eigenvalue weighted by molar-refractivity contribution is -0.117. The molecule has 0 bridgehead atoms. The molecule has 0 radical (unpaired) electrons. The third-order valence-corrected chi connectivity index (χ3v) is 5.44. The zero-order valence-corrected chi connectivity index (χ0v) is 15.3. The first kappa shape index (κ1) is 17.8. The Kier molecular flexibility index (Phi) is 5.96. The number of imidazole rings is 1. The number of hydrogen-bond donors (Lipinski definition) is 2. The number of carbonyl (C=O) groups excluding carboxylic acids is 2. The molecule has 0 unspecified atom stereocenters. The van der Waals surface area contributed by atoms with Crippen molar-refractivity contribution in [1.29, 1.82) is 0 Å². The highest BCUT2D eigenvalue weighted by Crippen LogP contribution is 2.23. The van der Waals surface area contributed by atoms with Crippen LogP contribution in [0.1, 0.15) is 39.0 Å². The topological polar surface area (TPSA) is 76.0 Å². The first-order chi connectivity index (χ1) is 12.2. The molecule has 134 valence electrons. The van der Waals surface area contributed by atoms with Gasteiger partial charge < -0.3 is 9.88 Å². The largest absolute Gasteiger partial charge is 0.335 e. The Hall–Kier alpha value is -2.02. The number of thioether (sulfide) groups is 1. The van der Waals surface area contributed by atoms with Gasteiger partial charge in [0.05, 0.1) is 16.8 Å². The molecular formula is C18H24N4O2S. The molecule has 0 aliphatic heterocycles. The molecule has 1 fully saturated rings. The van der Waals surface area contributed by atoms with Crippen LogP contribution in [0.15, 0.2) is 29.4 Å². The molecule has 6 nitrogen and oxygen atoms in total. The predicted molar refractivity (Wildman–Crippen MR) is 99.7 cm³/mol. The molecular weight excluding hydrogens is 336 g/mol. The Morgan fingerprint density at radius 3 is 2.76 bits per heavy atom. The molecule has 3 amide bonds. The highest BCUT2D eigenvalue weighted by atomic mass is 32.2. The van der Waals surface area contributed by atoms with Gasteiger partial charge in [0, 0.05) is 12.6 Å². The number of hydrogen-bond acceptors (Lipinski definition) is 4. The van der Waals surface area contributed by atoms with Crippen molar-refractivity contribution in [2.75, 3.05) is 5.75 Å². The number of aryl methyl sites for hydroxylation is 1. The summed E-state index contributed by atoms with van der Waals surface area (Å²) < 4.78 is 2.08. The van der Waals surface area contributed by atoms with Gasteiger partial charge in [-0.3, -0.25) is 10.1 Å². The molecule has 3 rings (SSSR count). The maximum absolute atomic E-state index is 12.1. The number of amides is 3. The Bertz CT molecular complexity index is 753. The molecule has 0 atom stereocenters. The zero-order chi connectivity index (χ0) is 17.6. The summed E-state index contributed by atoms with van der Waals surface area (Å²) in [4.78, 5) is 28.6. The normalized spacial score (nSPS) is 15.2. The second-order valence-corrected chi connectivity index (χ2v) is 7.22. The number of aromatic nitrogens is 2. The summed E-state index contributed by atoms with van der Waals surface area (Å²) in [5, 5.41) is 6.11. The summed E-state index contributed by atoms with van der Waals surface area (Å²) in [5.41, 5.74) is 1.98. The molecule has 1 aromatic carbocycles. The number of urea groups is 1. The lowest BCUT2D eigenvalue weighted by Gasteiger charge is -2.22. The highest BCUT2D eigenvalue weighted by Gasteiger charge is 2.17. The first-order valence-electron chi connectivity index (χ1n) is 8.85. The lowest BCUT2D eigenvalue weighted by atomic mass is 9.96. The number of carbonyl (C=O) groups is 2. The van der Waals surface area contributed by atoms with Gasteiger partial charge in [-0.25, -0.2) is 9.78 Å². The van der Waals surface area contributed by atoms with Gasteiger partial charge in [-0.2, -0.15) is 0 Å². The molecule has 0 saturated heterocycles. The van der Waals surface area contributed by atoms with Gasteiger partial charge in [-0.05, 0) is 31.9 Å². The van der Waals surface area contributed by atoms with Crippen molar-refractivity contribution in [2.24, 2.45) is 0 Å². The van der Waals surface area contributed by atoms with E-state index in [1.54, 1.807) is 0 Å². The van der Waals surface area contributed by atoms with E-state index in [1.807, 2.05) is 24.3 Å². The molecule has 1 heterocycles. The maximum atomic E-state index is 12.1. The van der Waals surface area contributed by atoms with Crippen molar-refractivity contribution in [3.63, 3.8) is 0 Å². The number of nitrogens with zero attached hydrogens (tertiary/aromatic N) is 2. The van der Waals surface area contributed by atoms with Gasteiger partial charge in [-0.1, -0.05) is 43.2 Å². The van der Waals surface area contributed by atoms with E-state index in [0.717, 1.165) is 48.4 Å². The Morgan fingerprint density at radius 2 is 2.00 bits per heavy atom. The minimum absolute atomic E-state index is 0.168. The second-order valence-electron chi connectivity index (χ2n) is 6.27. The Labute approximate surface area is 151 Å². The summed E-state index contributed by atoms with van der Waals surface area (Å²) in [6.07, 6.45) is 5.51. The van der Waals surface area contributed by atoms with Crippen molar-refractivity contribution in [2.45, 2.75) is 56.8 Å². The summed E-state index contributed by atoms with van der Waals surface area (Å²) >= 11 is 1.35. The van der Waals surface area contributed by atoms with E-state index in [0.29, 0.717) is 0 Å². The highest BCUT2D eigenvalue weighted by molar-refractivity contribution is 7.99. The van der Waals surface area contributed by atoms with Crippen molar-refractivity contribution >= 4 is 34.7 Å². The molecule has 25 heavy (non-hydrogen) atoms. The number of imide groups is 1. The van der Waals surface area contributed by atoms with Crippen LogP contribution in [0.4, 0.5) is 4.79 Å². The van der Waals surface area contributed by atoms with E-state index in [2.05, 4.69) is 27.1 Å². The standard InChI is InChI=1S/C18H24N4O2S/c1-2-22-15-11-7-6-10-14(15)20-18(22)25-12-16(23)21-17(24)19-13-8-4-3-5-9-13/h6-7,10-11,13H,2-5,8-9,12H2,1H3,(H2,19,21,23,24). The van der Waals surface area contributed by atoms with Crippen LogP contribution < -0.4 is 10.6 Å². The Morgan fingerprint density at radius 1 is 1.24 bits per heavy atom. The quantitative estimate of drug-likeness (QED) is 0.802. The minimum Gasteiger partial charge on any atom is -0.335 e. The minimum atomic E-state index is -0.388. The first-order valence-corrected chi connectivity index (χ1v) is 9.84. The second kappa shape index (κ2) is 8.38. The third kappa shape index (κ3) is 4.54. The van der Waals surface area contributed by atoms with Crippen LogP contribution in [0, 0.1) is 0 Å². The van der Waals surface area contributed by atoms with E-state index < -0.39 is 0 Å². The molecule has 1 aliphatic carbocycles. The van der Waals surface area contributed by atoms with E-state index >= 15 is 0 Å². The summed E-state index contributed by atoms with van der Waals surface area (Å²) in [5.74, 6) is -0.130. The zero-order valence-electron chi connectivity index (χ0n) is 14.5. The average molecular weight is 360 g/mol. The number of para-hydroxylation sites is 2. The van der Waals surface area contributed by atoms with Crippen molar-refractivity contribution in [3.05, 3.63) is 24.3 Å². The fraction of sp³-hybridized carbons (Fsp3) is 0.500. The van der Waals surface area contributed by atoms with E-state index in [4.69, 9.17) is 0 Å². The SMILES string of the molecule is CCn1c(SCC(=O)NC(=O)NC2CCCCC2)nc2ccccc21. The van der Waals surface area contributed by atoms with Crippen LogP contribution in [-0.2, 0) is 11.3 Å². The number of nitrogens with one attached hydrogen (secondary N) is 2. The number of rotatable bonds is 5. The van der Waals surface area contributed by atoms with Crippen LogP contribution in [-0.4, -0.2) is 33.3 Å². The molecule has 1 aromatic heterocycles. The van der Waals surface area contributed by atoms with Gasteiger partial charge in [0.1, 0.15) is 0 Å². The fourth-order valence-corrected chi connectivity index (χ4v) is 4.11. The molecule has 7 heteroatoms. The van der Waals surface area contributed by atoms with Gasteiger partial charge in [0.2, 0.25) is 5.91 Å². The smallest absolute Gasteiger partial charge is 0.321 e. The van der Waals surface area contributed by atoms with Gasteiger partial charge >= 0.3 is 6.03 Å². The van der Waals surface area contributed by atoms with Crippen LogP contribution >= 0.6 is 11.8 Å². The third-order valence-electron chi connectivity index (χ3n) is 4.46. The number of benzene rings is 1. The Balaban J connectivity index is 1.52.